The minimum Gasteiger partial charge on any atom is -0.454 e. The van der Waals surface area contributed by atoms with Crippen LogP contribution in [-0.2, 0) is 38.1 Å². The topological polar surface area (TPSA) is 181 Å². The summed E-state index contributed by atoms with van der Waals surface area (Å²) in [6.45, 7) is 3.53. The van der Waals surface area contributed by atoms with Gasteiger partial charge in [-0.25, -0.2) is 9.78 Å². The number of carbonyl (C=O) groups is 4. The summed E-state index contributed by atoms with van der Waals surface area (Å²) >= 11 is 0. The molecule has 2 aromatic heterocycles. The Morgan fingerprint density at radius 1 is 1.13 bits per heavy atom. The second-order valence-corrected chi connectivity index (χ2v) is 6.92. The lowest BCUT2D eigenvalue weighted by molar-refractivity contribution is -0.174. The summed E-state index contributed by atoms with van der Waals surface area (Å²) in [5.41, 5.74) is -0.697. The van der Waals surface area contributed by atoms with E-state index in [9.17, 15) is 24.0 Å². The molecule has 2 aliphatic rings. The third-order valence-electron chi connectivity index (χ3n) is 4.61. The predicted octanol–water partition coefficient (Wildman–Crippen LogP) is -1.24. The molecule has 2 fully saturated rings. The monoisotopic (exact) mass is 435 g/mol. The first-order valence-corrected chi connectivity index (χ1v) is 9.10. The molecule has 31 heavy (non-hydrogen) atoms. The highest BCUT2D eigenvalue weighted by atomic mass is 16.7. The van der Waals surface area contributed by atoms with Gasteiger partial charge in [0.2, 0.25) is 18.0 Å². The van der Waals surface area contributed by atoms with Crippen molar-refractivity contribution in [2.45, 2.75) is 51.4 Å². The van der Waals surface area contributed by atoms with Crippen molar-refractivity contribution in [1.82, 2.24) is 19.5 Å². The van der Waals surface area contributed by atoms with Gasteiger partial charge in [0.05, 0.1) is 0 Å². The third-order valence-corrected chi connectivity index (χ3v) is 4.61. The second-order valence-electron chi connectivity index (χ2n) is 6.92. The highest BCUT2D eigenvalue weighted by Crippen LogP contribution is 2.40. The summed E-state index contributed by atoms with van der Waals surface area (Å²) in [7, 11) is 0. The van der Waals surface area contributed by atoms with Crippen LogP contribution in [0.3, 0.4) is 0 Å². The molecule has 164 valence electrons. The maximum atomic E-state index is 12.6. The minimum absolute atomic E-state index is 0.0109. The maximum absolute atomic E-state index is 12.6. The van der Waals surface area contributed by atoms with Crippen LogP contribution >= 0.6 is 0 Å². The Bertz CT molecular complexity index is 1150. The summed E-state index contributed by atoms with van der Waals surface area (Å²) in [5, 5.41) is 2.35. The van der Waals surface area contributed by atoms with Crippen LogP contribution in [0.4, 0.5) is 5.95 Å². The van der Waals surface area contributed by atoms with E-state index in [0.29, 0.717) is 0 Å². The number of rotatable bonds is 4. The van der Waals surface area contributed by atoms with E-state index in [1.165, 1.54) is 17.8 Å². The summed E-state index contributed by atoms with van der Waals surface area (Å²) in [6.07, 6.45) is -4.57. The third kappa shape index (κ3) is 3.61. The van der Waals surface area contributed by atoms with Crippen LogP contribution in [0.15, 0.2) is 11.1 Å². The van der Waals surface area contributed by atoms with Gasteiger partial charge in [0.15, 0.2) is 29.6 Å². The smallest absolute Gasteiger partial charge is 0.350 e. The highest BCUT2D eigenvalue weighted by Gasteiger charge is 2.61. The van der Waals surface area contributed by atoms with Crippen molar-refractivity contribution in [2.24, 2.45) is 0 Å². The van der Waals surface area contributed by atoms with Crippen LogP contribution in [0.1, 0.15) is 27.0 Å². The first kappa shape index (κ1) is 20.5. The number of fused-ring (bicyclic) bond motifs is 2. The molecule has 0 aromatic carbocycles. The number of ether oxygens (including phenoxy) is 4. The lowest BCUT2D eigenvalue weighted by Crippen LogP contribution is -2.36. The Balaban J connectivity index is 1.74. The number of aromatic amines is 1. The second kappa shape index (κ2) is 7.46. The number of hydrogen-bond acceptors (Lipinski definition) is 11. The SMILES string of the molecule is CC(=O)Nc1nc2ncn([C@@H]3O[C@H]4[C@H](OC(=O)[C@H]4OC(C)=O)[C@@H]3OC(C)=O)c2c(=O)[nH]1. The van der Waals surface area contributed by atoms with Gasteiger partial charge in [-0.05, 0) is 0 Å². The maximum Gasteiger partial charge on any atom is 0.350 e. The fraction of sp³-hybridized carbons (Fsp3) is 0.471. The number of imidazole rings is 1. The van der Waals surface area contributed by atoms with E-state index < -0.39 is 60.0 Å². The van der Waals surface area contributed by atoms with Gasteiger partial charge >= 0.3 is 17.9 Å². The summed E-state index contributed by atoms with van der Waals surface area (Å²) in [5.74, 6) is -2.79. The van der Waals surface area contributed by atoms with Gasteiger partial charge in [0.25, 0.3) is 5.56 Å². The molecule has 1 amide bonds. The number of H-pyrrole nitrogens is 1. The molecule has 0 aliphatic carbocycles. The van der Waals surface area contributed by atoms with Crippen molar-refractivity contribution in [3.63, 3.8) is 0 Å². The summed E-state index contributed by atoms with van der Waals surface area (Å²) < 4.78 is 22.7. The Morgan fingerprint density at radius 2 is 1.84 bits per heavy atom. The van der Waals surface area contributed by atoms with Crippen LogP contribution in [0, 0.1) is 0 Å². The molecular formula is C17H17N5O9. The van der Waals surface area contributed by atoms with Crippen molar-refractivity contribution < 1.29 is 38.1 Å². The number of aromatic nitrogens is 4. The molecule has 0 spiro atoms. The standard InChI is InChI=1S/C17H17N5O9/c1-5(23)19-17-20-13-8(14(26)21-17)22(4-18-13)15-11(28-6(2)24)9-10(30-15)12(16(27)31-9)29-7(3)25/h4,9-12,15H,1-3H3,(H2,19,20,21,23,26)/t9-,10-,11-,12-,15+/m0/s1. The van der Waals surface area contributed by atoms with Crippen molar-refractivity contribution in [3.8, 4) is 0 Å². The first-order chi connectivity index (χ1) is 14.7. The molecule has 14 nitrogen and oxygen atoms in total. The normalized spacial score (nSPS) is 26.9. The molecule has 2 N–H and O–H groups in total. The fourth-order valence-corrected chi connectivity index (χ4v) is 3.58. The Hall–Kier alpha value is -3.81. The molecule has 14 heteroatoms. The molecule has 0 bridgehead atoms. The molecule has 4 heterocycles. The highest BCUT2D eigenvalue weighted by molar-refractivity contribution is 5.87. The van der Waals surface area contributed by atoms with E-state index in [4.69, 9.17) is 18.9 Å². The Labute approximate surface area is 172 Å². The van der Waals surface area contributed by atoms with Crippen molar-refractivity contribution in [2.75, 3.05) is 5.32 Å². The number of hydrogen-bond donors (Lipinski definition) is 2. The zero-order valence-electron chi connectivity index (χ0n) is 16.5. The average Bonchev–Trinajstić information content (AvgIpc) is 3.29. The Kier molecular flexibility index (Phi) is 4.93. The number of carbonyl (C=O) groups excluding carboxylic acids is 4. The fourth-order valence-electron chi connectivity index (χ4n) is 3.58. The minimum atomic E-state index is -1.36. The number of nitrogens with zero attached hydrogens (tertiary/aromatic N) is 3. The van der Waals surface area contributed by atoms with E-state index in [0.717, 1.165) is 13.8 Å². The first-order valence-electron chi connectivity index (χ1n) is 9.10. The number of anilines is 1. The van der Waals surface area contributed by atoms with Crippen LogP contribution in [-0.4, -0.2) is 67.7 Å². The van der Waals surface area contributed by atoms with Crippen LogP contribution in [0.5, 0.6) is 0 Å². The lowest BCUT2D eigenvalue weighted by atomic mass is 10.1. The summed E-state index contributed by atoms with van der Waals surface area (Å²) in [6, 6.07) is 0. The molecule has 0 radical (unpaired) electrons. The lowest BCUT2D eigenvalue weighted by Gasteiger charge is -2.22. The van der Waals surface area contributed by atoms with Gasteiger partial charge in [0, 0.05) is 20.8 Å². The Morgan fingerprint density at radius 3 is 2.48 bits per heavy atom. The molecule has 4 rings (SSSR count). The molecule has 2 saturated heterocycles. The number of nitrogens with one attached hydrogen (secondary N) is 2. The van der Waals surface area contributed by atoms with E-state index in [1.807, 2.05) is 0 Å². The summed E-state index contributed by atoms with van der Waals surface area (Å²) in [4.78, 5) is 69.5. The van der Waals surface area contributed by atoms with Gasteiger partial charge in [-0.1, -0.05) is 0 Å². The van der Waals surface area contributed by atoms with Crippen molar-refractivity contribution in [1.29, 1.82) is 0 Å². The molecule has 0 saturated carbocycles. The molecule has 2 aromatic rings. The predicted molar refractivity (Wildman–Crippen MR) is 97.4 cm³/mol. The van der Waals surface area contributed by atoms with E-state index in [-0.39, 0.29) is 17.1 Å². The average molecular weight is 435 g/mol. The number of amides is 1. The van der Waals surface area contributed by atoms with Gasteiger partial charge < -0.3 is 18.9 Å². The van der Waals surface area contributed by atoms with Gasteiger partial charge in [0.1, 0.15) is 12.4 Å². The van der Waals surface area contributed by atoms with E-state index >= 15 is 0 Å². The van der Waals surface area contributed by atoms with Crippen molar-refractivity contribution >= 4 is 40.9 Å². The molecule has 0 unspecified atom stereocenters. The number of esters is 3. The molecule has 5 atom stereocenters. The van der Waals surface area contributed by atoms with Crippen LogP contribution < -0.4 is 10.9 Å². The zero-order chi connectivity index (χ0) is 22.4. The largest absolute Gasteiger partial charge is 0.454 e. The van der Waals surface area contributed by atoms with Crippen molar-refractivity contribution in [3.05, 3.63) is 16.7 Å². The van der Waals surface area contributed by atoms with Gasteiger partial charge in [-0.3, -0.25) is 34.0 Å². The van der Waals surface area contributed by atoms with E-state index in [1.54, 1.807) is 0 Å². The van der Waals surface area contributed by atoms with Crippen LogP contribution in [0.2, 0.25) is 0 Å². The molecule has 2 aliphatic heterocycles. The van der Waals surface area contributed by atoms with Gasteiger partial charge in [-0.15, -0.1) is 0 Å². The zero-order valence-corrected chi connectivity index (χ0v) is 16.5. The van der Waals surface area contributed by atoms with Gasteiger partial charge in [-0.2, -0.15) is 4.98 Å². The molecular weight excluding hydrogens is 418 g/mol. The quantitative estimate of drug-likeness (QED) is 0.433. The van der Waals surface area contributed by atoms with Crippen LogP contribution in [0.25, 0.3) is 11.2 Å². The van der Waals surface area contributed by atoms with E-state index in [2.05, 4.69) is 20.3 Å².